The van der Waals surface area contributed by atoms with Gasteiger partial charge in [0.05, 0.1) is 0 Å². The zero-order chi connectivity index (χ0) is 13.4. The van der Waals surface area contributed by atoms with Crippen molar-refractivity contribution >= 4 is 5.91 Å². The number of hydrogen-bond donors (Lipinski definition) is 1. The summed E-state index contributed by atoms with van der Waals surface area (Å²) >= 11 is 0. The molecule has 0 saturated heterocycles. The van der Waals surface area contributed by atoms with Crippen molar-refractivity contribution in [3.63, 3.8) is 0 Å². The molecule has 1 N–H and O–H groups in total. The van der Waals surface area contributed by atoms with E-state index in [1.54, 1.807) is 6.92 Å². The third-order valence-corrected chi connectivity index (χ3v) is 2.75. The Hall–Kier alpha value is -1.51. The van der Waals surface area contributed by atoms with Gasteiger partial charge in [0.15, 0.2) is 6.10 Å². The minimum atomic E-state index is -0.451. The van der Waals surface area contributed by atoms with Gasteiger partial charge in [-0.2, -0.15) is 0 Å². The molecule has 0 aliphatic rings. The van der Waals surface area contributed by atoms with Crippen LogP contribution in [0.25, 0.3) is 0 Å². The topological polar surface area (TPSA) is 38.3 Å². The van der Waals surface area contributed by atoms with Crippen LogP contribution in [0.15, 0.2) is 24.3 Å². The lowest BCUT2D eigenvalue weighted by Gasteiger charge is -2.15. The summed E-state index contributed by atoms with van der Waals surface area (Å²) in [5, 5.41) is 2.89. The van der Waals surface area contributed by atoms with Crippen molar-refractivity contribution in [2.75, 3.05) is 6.54 Å². The molecule has 0 unspecified atom stereocenters. The average Bonchev–Trinajstić information content (AvgIpc) is 2.34. The Morgan fingerprint density at radius 2 is 2.17 bits per heavy atom. The van der Waals surface area contributed by atoms with E-state index in [4.69, 9.17) is 4.74 Å². The van der Waals surface area contributed by atoms with Crippen LogP contribution in [0.4, 0.5) is 0 Å². The molecule has 3 heteroatoms. The van der Waals surface area contributed by atoms with Gasteiger partial charge in [0, 0.05) is 6.54 Å². The Balaban J connectivity index is 2.35. The number of unbranched alkanes of at least 4 members (excludes halogenated alkanes) is 2. The summed E-state index contributed by atoms with van der Waals surface area (Å²) in [5.74, 6) is 0.693. The van der Waals surface area contributed by atoms with Crippen LogP contribution < -0.4 is 10.1 Å². The predicted octanol–water partition coefficient (Wildman–Crippen LogP) is 3.07. The highest BCUT2D eigenvalue weighted by Gasteiger charge is 2.13. The van der Waals surface area contributed by atoms with E-state index in [0.29, 0.717) is 0 Å². The molecule has 0 bridgehead atoms. The number of aryl methyl sites for hydroxylation is 1. The first-order valence-corrected chi connectivity index (χ1v) is 6.64. The van der Waals surface area contributed by atoms with Gasteiger partial charge in [-0.25, -0.2) is 0 Å². The summed E-state index contributed by atoms with van der Waals surface area (Å²) in [7, 11) is 0. The Morgan fingerprint density at radius 1 is 1.39 bits per heavy atom. The van der Waals surface area contributed by atoms with Crippen LogP contribution in [-0.2, 0) is 4.79 Å². The molecular weight excluding hydrogens is 226 g/mol. The number of hydrogen-bond acceptors (Lipinski definition) is 2. The molecule has 3 nitrogen and oxygen atoms in total. The van der Waals surface area contributed by atoms with Gasteiger partial charge in [0.1, 0.15) is 5.75 Å². The third-order valence-electron chi connectivity index (χ3n) is 2.75. The number of carbonyl (C=O) groups excluding carboxylic acids is 1. The van der Waals surface area contributed by atoms with Crippen LogP contribution in [0.5, 0.6) is 5.75 Å². The zero-order valence-electron chi connectivity index (χ0n) is 11.5. The molecule has 1 atom stereocenters. The molecule has 0 heterocycles. The first-order valence-electron chi connectivity index (χ1n) is 6.64. The minimum Gasteiger partial charge on any atom is -0.481 e. The van der Waals surface area contributed by atoms with Crippen LogP contribution in [0, 0.1) is 6.92 Å². The molecule has 0 aliphatic carbocycles. The second kappa shape index (κ2) is 7.75. The van der Waals surface area contributed by atoms with E-state index >= 15 is 0 Å². The van der Waals surface area contributed by atoms with Crippen LogP contribution in [-0.4, -0.2) is 18.6 Å². The molecule has 1 aromatic rings. The van der Waals surface area contributed by atoms with Crippen molar-refractivity contribution in [1.29, 1.82) is 0 Å². The second-order valence-electron chi connectivity index (χ2n) is 4.57. The molecule has 1 amide bonds. The Morgan fingerprint density at radius 3 is 2.83 bits per heavy atom. The second-order valence-corrected chi connectivity index (χ2v) is 4.57. The lowest BCUT2D eigenvalue weighted by Crippen LogP contribution is -2.36. The number of benzene rings is 1. The van der Waals surface area contributed by atoms with Crippen LogP contribution >= 0.6 is 0 Å². The molecule has 0 spiro atoms. The summed E-state index contributed by atoms with van der Waals surface area (Å²) in [6.07, 6.45) is 2.88. The first-order chi connectivity index (χ1) is 8.63. The summed E-state index contributed by atoms with van der Waals surface area (Å²) in [4.78, 5) is 11.8. The summed E-state index contributed by atoms with van der Waals surface area (Å²) in [5.41, 5.74) is 1.13. The maximum absolute atomic E-state index is 11.8. The van der Waals surface area contributed by atoms with E-state index in [2.05, 4.69) is 12.2 Å². The number of amides is 1. The summed E-state index contributed by atoms with van der Waals surface area (Å²) in [6.45, 7) is 6.65. The Labute approximate surface area is 110 Å². The lowest BCUT2D eigenvalue weighted by atomic mass is 10.2. The van der Waals surface area contributed by atoms with Crippen LogP contribution in [0.1, 0.15) is 38.7 Å². The predicted molar refractivity (Wildman–Crippen MR) is 73.8 cm³/mol. The maximum atomic E-state index is 11.8. The largest absolute Gasteiger partial charge is 0.481 e. The van der Waals surface area contributed by atoms with Crippen molar-refractivity contribution in [2.24, 2.45) is 0 Å². The quantitative estimate of drug-likeness (QED) is 0.754. The standard InChI is InChI=1S/C15H23NO2/c1-4-5-6-10-16-15(17)13(3)18-14-9-7-8-12(2)11-14/h7-9,11,13H,4-6,10H2,1-3H3,(H,16,17)/t13-/m0/s1. The molecule has 18 heavy (non-hydrogen) atoms. The van der Waals surface area contributed by atoms with Crippen molar-refractivity contribution < 1.29 is 9.53 Å². The van der Waals surface area contributed by atoms with Gasteiger partial charge in [0.2, 0.25) is 0 Å². The number of nitrogens with one attached hydrogen (secondary N) is 1. The fourth-order valence-electron chi connectivity index (χ4n) is 1.68. The number of rotatable bonds is 7. The van der Waals surface area contributed by atoms with E-state index in [1.807, 2.05) is 31.2 Å². The molecule has 0 aliphatic heterocycles. The van der Waals surface area contributed by atoms with Crippen molar-refractivity contribution in [3.8, 4) is 5.75 Å². The molecule has 100 valence electrons. The molecule has 1 aromatic carbocycles. The Bertz CT molecular complexity index is 377. The van der Waals surface area contributed by atoms with Crippen LogP contribution in [0.3, 0.4) is 0 Å². The molecule has 0 fully saturated rings. The molecule has 0 radical (unpaired) electrons. The molecule has 1 rings (SSSR count). The average molecular weight is 249 g/mol. The monoisotopic (exact) mass is 249 g/mol. The van der Waals surface area contributed by atoms with Gasteiger partial charge in [-0.15, -0.1) is 0 Å². The van der Waals surface area contributed by atoms with Gasteiger partial charge < -0.3 is 10.1 Å². The highest BCUT2D eigenvalue weighted by molar-refractivity contribution is 5.80. The van der Waals surface area contributed by atoms with Crippen molar-refractivity contribution in [3.05, 3.63) is 29.8 Å². The molecular formula is C15H23NO2. The summed E-state index contributed by atoms with van der Waals surface area (Å²) in [6, 6.07) is 7.73. The number of ether oxygens (including phenoxy) is 1. The Kier molecular flexibility index (Phi) is 6.26. The smallest absolute Gasteiger partial charge is 0.260 e. The van der Waals surface area contributed by atoms with Crippen molar-refractivity contribution in [1.82, 2.24) is 5.32 Å². The zero-order valence-corrected chi connectivity index (χ0v) is 11.5. The lowest BCUT2D eigenvalue weighted by molar-refractivity contribution is -0.127. The van der Waals surface area contributed by atoms with E-state index < -0.39 is 6.10 Å². The fourth-order valence-corrected chi connectivity index (χ4v) is 1.68. The van der Waals surface area contributed by atoms with Crippen molar-refractivity contribution in [2.45, 2.75) is 46.1 Å². The van der Waals surface area contributed by atoms with Gasteiger partial charge in [-0.3, -0.25) is 4.79 Å². The highest BCUT2D eigenvalue weighted by Crippen LogP contribution is 2.14. The fraction of sp³-hybridized carbons (Fsp3) is 0.533. The van der Waals surface area contributed by atoms with E-state index in [-0.39, 0.29) is 5.91 Å². The van der Waals surface area contributed by atoms with Gasteiger partial charge in [-0.05, 0) is 38.0 Å². The molecule has 0 saturated carbocycles. The van der Waals surface area contributed by atoms with Crippen LogP contribution in [0.2, 0.25) is 0 Å². The summed E-state index contributed by atoms with van der Waals surface area (Å²) < 4.78 is 5.60. The van der Waals surface area contributed by atoms with Gasteiger partial charge >= 0.3 is 0 Å². The number of carbonyl (C=O) groups is 1. The van der Waals surface area contributed by atoms with E-state index in [0.717, 1.165) is 37.1 Å². The molecule has 0 aromatic heterocycles. The SMILES string of the molecule is CCCCCNC(=O)[C@H](C)Oc1cccc(C)c1. The first kappa shape index (κ1) is 14.6. The highest BCUT2D eigenvalue weighted by atomic mass is 16.5. The third kappa shape index (κ3) is 5.21. The van der Waals surface area contributed by atoms with E-state index in [9.17, 15) is 4.79 Å². The maximum Gasteiger partial charge on any atom is 0.260 e. The van der Waals surface area contributed by atoms with E-state index in [1.165, 1.54) is 0 Å². The van der Waals surface area contributed by atoms with Gasteiger partial charge in [-0.1, -0.05) is 31.9 Å². The normalized spacial score (nSPS) is 11.9. The minimum absolute atomic E-state index is 0.0485. The van der Waals surface area contributed by atoms with Gasteiger partial charge in [0.25, 0.3) is 5.91 Å².